The highest BCUT2D eigenvalue weighted by Crippen LogP contribution is 2.23. The SMILES string of the molecule is CC(C)c1ccc(C(CO)Cc2ccco2)cc1. The van der Waals surface area contributed by atoms with Gasteiger partial charge in [0.1, 0.15) is 5.76 Å². The average Bonchev–Trinajstić information content (AvgIpc) is 2.89. The van der Waals surface area contributed by atoms with Gasteiger partial charge in [-0.15, -0.1) is 0 Å². The first-order chi connectivity index (χ1) is 8.70. The van der Waals surface area contributed by atoms with Gasteiger partial charge in [-0.25, -0.2) is 0 Å². The van der Waals surface area contributed by atoms with Crippen LogP contribution >= 0.6 is 0 Å². The Morgan fingerprint density at radius 2 is 1.72 bits per heavy atom. The molecule has 2 nitrogen and oxygen atoms in total. The fraction of sp³-hybridized carbons (Fsp3) is 0.375. The van der Waals surface area contributed by atoms with Crippen LogP contribution in [0.25, 0.3) is 0 Å². The fourth-order valence-electron chi connectivity index (χ4n) is 2.11. The number of aliphatic hydroxyl groups excluding tert-OH is 1. The molecule has 2 aromatic rings. The Bertz CT molecular complexity index is 454. The van der Waals surface area contributed by atoms with Gasteiger partial charge in [-0.3, -0.25) is 0 Å². The van der Waals surface area contributed by atoms with E-state index in [0.29, 0.717) is 5.92 Å². The van der Waals surface area contributed by atoms with E-state index in [2.05, 4.69) is 38.1 Å². The van der Waals surface area contributed by atoms with E-state index in [9.17, 15) is 5.11 Å². The van der Waals surface area contributed by atoms with Gasteiger partial charge in [0.25, 0.3) is 0 Å². The van der Waals surface area contributed by atoms with E-state index in [4.69, 9.17) is 4.42 Å². The lowest BCUT2D eigenvalue weighted by Gasteiger charge is -2.14. The molecule has 96 valence electrons. The summed E-state index contributed by atoms with van der Waals surface area (Å²) in [6.07, 6.45) is 2.41. The number of hydrogen-bond donors (Lipinski definition) is 1. The van der Waals surface area contributed by atoms with Crippen molar-refractivity contribution in [1.82, 2.24) is 0 Å². The summed E-state index contributed by atoms with van der Waals surface area (Å²) in [6, 6.07) is 12.3. The maximum Gasteiger partial charge on any atom is 0.104 e. The molecule has 0 fully saturated rings. The van der Waals surface area contributed by atoms with Crippen LogP contribution in [0.15, 0.2) is 47.1 Å². The van der Waals surface area contributed by atoms with Crippen LogP contribution < -0.4 is 0 Å². The summed E-state index contributed by atoms with van der Waals surface area (Å²) in [5, 5.41) is 9.52. The zero-order valence-corrected chi connectivity index (χ0v) is 11.0. The first kappa shape index (κ1) is 12.9. The Balaban J connectivity index is 2.12. The third-order valence-electron chi connectivity index (χ3n) is 3.32. The maximum absolute atomic E-state index is 9.52. The predicted octanol–water partition coefficient (Wildman–Crippen LogP) is 3.72. The molecule has 18 heavy (non-hydrogen) atoms. The number of hydrogen-bond acceptors (Lipinski definition) is 2. The largest absolute Gasteiger partial charge is 0.469 e. The van der Waals surface area contributed by atoms with Crippen LogP contribution in [0.3, 0.4) is 0 Å². The smallest absolute Gasteiger partial charge is 0.104 e. The molecule has 0 aliphatic carbocycles. The van der Waals surface area contributed by atoms with Gasteiger partial charge in [-0.1, -0.05) is 38.1 Å². The third-order valence-corrected chi connectivity index (χ3v) is 3.32. The van der Waals surface area contributed by atoms with Gasteiger partial charge >= 0.3 is 0 Å². The zero-order chi connectivity index (χ0) is 13.0. The molecule has 0 spiro atoms. The number of rotatable bonds is 5. The van der Waals surface area contributed by atoms with Crippen molar-refractivity contribution >= 4 is 0 Å². The summed E-state index contributed by atoms with van der Waals surface area (Å²) in [4.78, 5) is 0. The van der Waals surface area contributed by atoms with Crippen molar-refractivity contribution in [3.05, 3.63) is 59.5 Å². The number of furan rings is 1. The zero-order valence-electron chi connectivity index (χ0n) is 11.0. The quantitative estimate of drug-likeness (QED) is 0.869. The molecule has 2 heteroatoms. The van der Waals surface area contributed by atoms with E-state index in [1.54, 1.807) is 6.26 Å². The van der Waals surface area contributed by atoms with Crippen LogP contribution in [-0.4, -0.2) is 11.7 Å². The second-order valence-electron chi connectivity index (χ2n) is 4.98. The minimum absolute atomic E-state index is 0.109. The van der Waals surface area contributed by atoms with Gasteiger partial charge in [0.05, 0.1) is 12.9 Å². The first-order valence-corrected chi connectivity index (χ1v) is 6.43. The molecule has 1 aromatic carbocycles. The van der Waals surface area contributed by atoms with Gasteiger partial charge in [-0.2, -0.15) is 0 Å². The molecule has 2 rings (SSSR count). The molecule has 1 heterocycles. The Kier molecular flexibility index (Phi) is 4.21. The van der Waals surface area contributed by atoms with Gasteiger partial charge in [0, 0.05) is 12.3 Å². The van der Waals surface area contributed by atoms with Crippen LogP contribution in [-0.2, 0) is 6.42 Å². The standard InChI is InChI=1S/C16H20O2/c1-12(2)13-5-7-14(8-6-13)15(11-17)10-16-4-3-9-18-16/h3-9,12,15,17H,10-11H2,1-2H3. The van der Waals surface area contributed by atoms with E-state index in [-0.39, 0.29) is 12.5 Å². The second kappa shape index (κ2) is 5.87. The molecule has 0 aliphatic heterocycles. The Labute approximate surface area is 108 Å². The lowest BCUT2D eigenvalue weighted by Crippen LogP contribution is -2.07. The van der Waals surface area contributed by atoms with Crippen LogP contribution in [0.2, 0.25) is 0 Å². The first-order valence-electron chi connectivity index (χ1n) is 6.43. The number of benzene rings is 1. The van der Waals surface area contributed by atoms with Crippen LogP contribution in [0.5, 0.6) is 0 Å². The predicted molar refractivity (Wildman–Crippen MR) is 72.8 cm³/mol. The molecule has 0 aliphatic rings. The van der Waals surface area contributed by atoms with Gasteiger partial charge in [-0.05, 0) is 29.2 Å². The molecule has 0 amide bonds. The van der Waals surface area contributed by atoms with Crippen LogP contribution in [0.1, 0.15) is 42.6 Å². The Morgan fingerprint density at radius 3 is 2.22 bits per heavy atom. The van der Waals surface area contributed by atoms with Gasteiger partial charge in [0.15, 0.2) is 0 Å². The van der Waals surface area contributed by atoms with E-state index < -0.39 is 0 Å². The molecule has 0 radical (unpaired) electrons. The number of aliphatic hydroxyl groups is 1. The summed E-state index contributed by atoms with van der Waals surface area (Å²) >= 11 is 0. The Morgan fingerprint density at radius 1 is 1.06 bits per heavy atom. The maximum atomic E-state index is 9.52. The fourth-order valence-corrected chi connectivity index (χ4v) is 2.11. The highest BCUT2D eigenvalue weighted by atomic mass is 16.3. The van der Waals surface area contributed by atoms with Crippen molar-refractivity contribution in [1.29, 1.82) is 0 Å². The summed E-state index contributed by atoms with van der Waals surface area (Å²) in [5.41, 5.74) is 2.49. The topological polar surface area (TPSA) is 33.4 Å². The summed E-state index contributed by atoms with van der Waals surface area (Å²) in [7, 11) is 0. The minimum Gasteiger partial charge on any atom is -0.469 e. The minimum atomic E-state index is 0.109. The van der Waals surface area contributed by atoms with Crippen molar-refractivity contribution in [2.75, 3.05) is 6.61 Å². The molecule has 1 N–H and O–H groups in total. The van der Waals surface area contributed by atoms with E-state index in [1.807, 2.05) is 12.1 Å². The van der Waals surface area contributed by atoms with Crippen molar-refractivity contribution in [3.63, 3.8) is 0 Å². The molecule has 0 saturated carbocycles. The highest BCUT2D eigenvalue weighted by molar-refractivity contribution is 5.28. The molecule has 1 unspecified atom stereocenters. The van der Waals surface area contributed by atoms with Crippen molar-refractivity contribution in [3.8, 4) is 0 Å². The van der Waals surface area contributed by atoms with Crippen LogP contribution in [0, 0.1) is 0 Å². The lowest BCUT2D eigenvalue weighted by molar-refractivity contribution is 0.259. The molecule has 1 aromatic heterocycles. The molecular formula is C16H20O2. The summed E-state index contributed by atoms with van der Waals surface area (Å²) in [5.74, 6) is 1.57. The van der Waals surface area contributed by atoms with E-state index in [1.165, 1.54) is 11.1 Å². The molecule has 0 saturated heterocycles. The second-order valence-corrected chi connectivity index (χ2v) is 4.98. The summed E-state index contributed by atoms with van der Waals surface area (Å²) in [6.45, 7) is 4.50. The van der Waals surface area contributed by atoms with Crippen molar-refractivity contribution in [2.24, 2.45) is 0 Å². The molecule has 0 bridgehead atoms. The van der Waals surface area contributed by atoms with Gasteiger partial charge < -0.3 is 9.52 Å². The average molecular weight is 244 g/mol. The Hall–Kier alpha value is -1.54. The molecular weight excluding hydrogens is 224 g/mol. The molecule has 1 atom stereocenters. The monoisotopic (exact) mass is 244 g/mol. The van der Waals surface area contributed by atoms with Crippen molar-refractivity contribution in [2.45, 2.75) is 32.1 Å². The lowest BCUT2D eigenvalue weighted by atomic mass is 9.93. The van der Waals surface area contributed by atoms with E-state index in [0.717, 1.165) is 12.2 Å². The van der Waals surface area contributed by atoms with E-state index >= 15 is 0 Å². The van der Waals surface area contributed by atoms with Crippen molar-refractivity contribution < 1.29 is 9.52 Å². The normalized spacial score (nSPS) is 12.9. The highest BCUT2D eigenvalue weighted by Gasteiger charge is 2.13. The summed E-state index contributed by atoms with van der Waals surface area (Å²) < 4.78 is 5.34. The third kappa shape index (κ3) is 3.02. The van der Waals surface area contributed by atoms with Crippen LogP contribution in [0.4, 0.5) is 0 Å². The van der Waals surface area contributed by atoms with Gasteiger partial charge in [0.2, 0.25) is 0 Å².